The van der Waals surface area contributed by atoms with E-state index in [0.29, 0.717) is 11.4 Å². The van der Waals surface area contributed by atoms with Crippen molar-refractivity contribution < 1.29 is 17.6 Å². The lowest BCUT2D eigenvalue weighted by atomic mass is 10.2. The summed E-state index contributed by atoms with van der Waals surface area (Å²) in [4.78, 5) is 3.68. The van der Waals surface area contributed by atoms with Gasteiger partial charge in [0.1, 0.15) is 11.4 Å². The van der Waals surface area contributed by atoms with E-state index in [0.717, 1.165) is 16.9 Å². The molecule has 3 aromatic heterocycles. The van der Waals surface area contributed by atoms with E-state index in [9.17, 15) is 17.6 Å². The van der Waals surface area contributed by atoms with Crippen LogP contribution < -0.4 is 0 Å². The first-order valence-electron chi connectivity index (χ1n) is 8.10. The van der Waals surface area contributed by atoms with Gasteiger partial charge in [-0.3, -0.25) is 4.98 Å². The molecular formula is C18H12F4N6. The van der Waals surface area contributed by atoms with Gasteiger partial charge in [-0.05, 0) is 43.3 Å². The van der Waals surface area contributed by atoms with E-state index < -0.39 is 17.7 Å². The molecule has 0 bridgehead atoms. The lowest BCUT2D eigenvalue weighted by molar-refractivity contribution is -0.142. The van der Waals surface area contributed by atoms with Crippen LogP contribution in [0.5, 0.6) is 0 Å². The number of rotatable bonds is 3. The number of benzene rings is 1. The molecule has 0 saturated carbocycles. The van der Waals surface area contributed by atoms with Crippen molar-refractivity contribution in [3.8, 4) is 22.6 Å². The molecule has 6 nitrogen and oxygen atoms in total. The van der Waals surface area contributed by atoms with Gasteiger partial charge in [0.15, 0.2) is 5.82 Å². The number of hydrogen-bond donors (Lipinski definition) is 0. The SMILES string of the molecule is Cc1cc(C(F)(F)F)n(-c2ccc(-n3cc(-c4ccncc4F)nn3)cc2)n1. The second kappa shape index (κ2) is 6.55. The lowest BCUT2D eigenvalue weighted by Crippen LogP contribution is -2.13. The number of aromatic nitrogens is 6. The molecule has 10 heteroatoms. The van der Waals surface area contributed by atoms with Crippen LogP contribution in [0.3, 0.4) is 0 Å². The molecule has 0 saturated heterocycles. The molecular weight excluding hydrogens is 376 g/mol. The lowest BCUT2D eigenvalue weighted by Gasteiger charge is -2.10. The van der Waals surface area contributed by atoms with Crippen LogP contribution in [0, 0.1) is 12.7 Å². The summed E-state index contributed by atoms with van der Waals surface area (Å²) in [5.41, 5.74) is 0.774. The first-order valence-corrected chi connectivity index (χ1v) is 8.10. The van der Waals surface area contributed by atoms with Gasteiger partial charge in [-0.25, -0.2) is 13.8 Å². The average molecular weight is 388 g/mol. The largest absolute Gasteiger partial charge is 0.433 e. The number of aryl methyl sites for hydroxylation is 1. The van der Waals surface area contributed by atoms with E-state index in [1.165, 1.54) is 42.2 Å². The number of pyridine rings is 1. The molecule has 142 valence electrons. The van der Waals surface area contributed by atoms with E-state index >= 15 is 0 Å². The van der Waals surface area contributed by atoms with Gasteiger partial charge in [0.05, 0.1) is 29.5 Å². The van der Waals surface area contributed by atoms with E-state index in [1.807, 2.05) is 0 Å². The molecule has 28 heavy (non-hydrogen) atoms. The molecule has 0 spiro atoms. The second-order valence-corrected chi connectivity index (χ2v) is 6.00. The van der Waals surface area contributed by atoms with Crippen molar-refractivity contribution in [3.05, 3.63) is 72.2 Å². The summed E-state index contributed by atoms with van der Waals surface area (Å²) in [5.74, 6) is -0.529. The van der Waals surface area contributed by atoms with Crippen LogP contribution in [0.2, 0.25) is 0 Å². The van der Waals surface area contributed by atoms with E-state index in [2.05, 4.69) is 20.4 Å². The van der Waals surface area contributed by atoms with Gasteiger partial charge in [0, 0.05) is 11.8 Å². The van der Waals surface area contributed by atoms with Crippen molar-refractivity contribution in [3.63, 3.8) is 0 Å². The Labute approximate surface area is 156 Å². The molecule has 1 aromatic carbocycles. The highest BCUT2D eigenvalue weighted by Crippen LogP contribution is 2.31. The second-order valence-electron chi connectivity index (χ2n) is 6.00. The van der Waals surface area contributed by atoms with Crippen LogP contribution in [0.4, 0.5) is 17.6 Å². The maximum absolute atomic E-state index is 13.8. The van der Waals surface area contributed by atoms with Gasteiger partial charge >= 0.3 is 6.18 Å². The number of hydrogen-bond acceptors (Lipinski definition) is 4. The van der Waals surface area contributed by atoms with Crippen LogP contribution in [0.25, 0.3) is 22.6 Å². The fourth-order valence-electron chi connectivity index (χ4n) is 2.74. The van der Waals surface area contributed by atoms with Gasteiger partial charge in [-0.2, -0.15) is 18.3 Å². The van der Waals surface area contributed by atoms with Crippen molar-refractivity contribution in [1.82, 2.24) is 29.8 Å². The predicted octanol–water partition coefficient (Wildman–Crippen LogP) is 3.98. The monoisotopic (exact) mass is 388 g/mol. The Balaban J connectivity index is 1.66. The quantitative estimate of drug-likeness (QED) is 0.498. The fraction of sp³-hybridized carbons (Fsp3) is 0.111. The van der Waals surface area contributed by atoms with Crippen molar-refractivity contribution in [2.24, 2.45) is 0 Å². The van der Waals surface area contributed by atoms with E-state index in [4.69, 9.17) is 0 Å². The standard InChI is InChI=1S/C18H12F4N6/c1-11-8-17(18(20,21)22)28(25-11)13-4-2-12(3-5-13)27-10-16(24-26-27)14-6-7-23-9-15(14)19/h2-10H,1H3. The molecule has 4 aromatic rings. The molecule has 3 heterocycles. The van der Waals surface area contributed by atoms with E-state index in [-0.39, 0.29) is 16.9 Å². The molecule has 0 aliphatic heterocycles. The summed E-state index contributed by atoms with van der Waals surface area (Å²) >= 11 is 0. The minimum atomic E-state index is -4.52. The smallest absolute Gasteiger partial charge is 0.262 e. The predicted molar refractivity (Wildman–Crippen MR) is 91.4 cm³/mol. The van der Waals surface area contributed by atoms with Gasteiger partial charge in [-0.15, -0.1) is 5.10 Å². The van der Waals surface area contributed by atoms with Gasteiger partial charge in [0.25, 0.3) is 0 Å². The Kier molecular flexibility index (Phi) is 4.17. The minimum Gasteiger partial charge on any atom is -0.262 e. The van der Waals surface area contributed by atoms with Crippen molar-refractivity contribution in [2.45, 2.75) is 13.1 Å². The van der Waals surface area contributed by atoms with Crippen molar-refractivity contribution in [2.75, 3.05) is 0 Å². The Morgan fingerprint density at radius 3 is 2.39 bits per heavy atom. The summed E-state index contributed by atoms with van der Waals surface area (Å²) in [5, 5.41) is 11.8. The van der Waals surface area contributed by atoms with Crippen LogP contribution in [-0.4, -0.2) is 29.8 Å². The Hall–Kier alpha value is -3.56. The molecule has 0 unspecified atom stereocenters. The average Bonchev–Trinajstić information content (AvgIpc) is 3.29. The number of nitrogens with zero attached hydrogens (tertiary/aromatic N) is 6. The molecule has 4 rings (SSSR count). The Morgan fingerprint density at radius 1 is 1.00 bits per heavy atom. The zero-order chi connectivity index (χ0) is 19.9. The molecule has 0 amide bonds. The summed E-state index contributed by atoms with van der Waals surface area (Å²) in [6.45, 7) is 1.50. The van der Waals surface area contributed by atoms with Crippen molar-refractivity contribution >= 4 is 0 Å². The molecule has 0 aliphatic rings. The maximum atomic E-state index is 13.8. The zero-order valence-electron chi connectivity index (χ0n) is 14.4. The van der Waals surface area contributed by atoms with Crippen LogP contribution >= 0.6 is 0 Å². The maximum Gasteiger partial charge on any atom is 0.433 e. The highest BCUT2D eigenvalue weighted by Gasteiger charge is 2.35. The van der Waals surface area contributed by atoms with Crippen LogP contribution in [0.1, 0.15) is 11.4 Å². The number of halogens is 4. The molecule has 0 N–H and O–H groups in total. The summed E-state index contributed by atoms with van der Waals surface area (Å²) in [6, 6.07) is 8.60. The molecule has 0 aliphatic carbocycles. The minimum absolute atomic E-state index is 0.250. The van der Waals surface area contributed by atoms with Gasteiger partial charge in [-0.1, -0.05) is 5.21 Å². The van der Waals surface area contributed by atoms with Crippen molar-refractivity contribution in [1.29, 1.82) is 0 Å². The fourth-order valence-corrected chi connectivity index (χ4v) is 2.74. The molecule has 0 radical (unpaired) electrons. The zero-order valence-corrected chi connectivity index (χ0v) is 14.4. The first-order chi connectivity index (χ1) is 13.3. The number of alkyl halides is 3. The third kappa shape index (κ3) is 3.24. The Morgan fingerprint density at radius 2 is 1.71 bits per heavy atom. The topological polar surface area (TPSA) is 61.4 Å². The Bertz CT molecular complexity index is 1130. The molecule has 0 fully saturated rings. The van der Waals surface area contributed by atoms with E-state index in [1.54, 1.807) is 12.1 Å². The highest BCUT2D eigenvalue weighted by molar-refractivity contribution is 5.58. The third-order valence-electron chi connectivity index (χ3n) is 4.02. The summed E-state index contributed by atoms with van der Waals surface area (Å²) in [7, 11) is 0. The van der Waals surface area contributed by atoms with Gasteiger partial charge in [0.2, 0.25) is 0 Å². The third-order valence-corrected chi connectivity index (χ3v) is 4.02. The van der Waals surface area contributed by atoms with Gasteiger partial charge < -0.3 is 0 Å². The van der Waals surface area contributed by atoms with Crippen LogP contribution in [-0.2, 0) is 6.18 Å². The first kappa shape index (κ1) is 17.8. The summed E-state index contributed by atoms with van der Waals surface area (Å²) < 4.78 is 55.6. The van der Waals surface area contributed by atoms with Crippen LogP contribution in [0.15, 0.2) is 55.0 Å². The molecule has 0 atom stereocenters. The highest BCUT2D eigenvalue weighted by atomic mass is 19.4. The summed E-state index contributed by atoms with van der Waals surface area (Å²) in [6.07, 6.45) is -0.480. The normalized spacial score (nSPS) is 11.8.